The minimum absolute atomic E-state index is 0.567. The van der Waals surface area contributed by atoms with Crippen LogP contribution in [0.25, 0.3) is 0 Å². The summed E-state index contributed by atoms with van der Waals surface area (Å²) >= 11 is 0. The number of aromatic amines is 3. The third kappa shape index (κ3) is 10.9. The van der Waals surface area contributed by atoms with Gasteiger partial charge in [-0.15, -0.1) is 0 Å². The van der Waals surface area contributed by atoms with Crippen molar-refractivity contribution in [3.8, 4) is 0 Å². The number of allylic oxidation sites excluding steroid dienone is 1. The molecule has 0 amide bonds. The zero-order chi connectivity index (χ0) is 23.9. The van der Waals surface area contributed by atoms with Crippen LogP contribution in [-0.4, -0.2) is 43.4 Å². The summed E-state index contributed by atoms with van der Waals surface area (Å²) < 4.78 is 0. The molecule has 7 heteroatoms. The van der Waals surface area contributed by atoms with E-state index >= 15 is 0 Å². The van der Waals surface area contributed by atoms with Gasteiger partial charge < -0.3 is 0 Å². The van der Waals surface area contributed by atoms with Crippen molar-refractivity contribution in [2.45, 2.75) is 73.1 Å². The second kappa shape index (κ2) is 14.9. The Hall–Kier alpha value is -2.96. The van der Waals surface area contributed by atoms with E-state index in [2.05, 4.69) is 97.1 Å². The van der Waals surface area contributed by atoms with E-state index in [1.54, 1.807) is 6.20 Å². The molecule has 0 unspecified atom stereocenters. The third-order valence-corrected chi connectivity index (χ3v) is 4.93. The third-order valence-electron chi connectivity index (χ3n) is 4.93. The minimum Gasteiger partial charge on any atom is -0.289 e. The van der Waals surface area contributed by atoms with Crippen LogP contribution in [-0.2, 0) is 0 Å². The summed E-state index contributed by atoms with van der Waals surface area (Å²) in [7, 11) is 0. The summed E-state index contributed by atoms with van der Waals surface area (Å²) in [4.78, 5) is 4.07. The molecule has 0 saturated carbocycles. The van der Waals surface area contributed by atoms with Gasteiger partial charge in [0.25, 0.3) is 0 Å². The van der Waals surface area contributed by atoms with Crippen LogP contribution in [0, 0.1) is 5.92 Å². The van der Waals surface area contributed by atoms with E-state index in [4.69, 9.17) is 0 Å². The fourth-order valence-corrected chi connectivity index (χ4v) is 2.48. The van der Waals surface area contributed by atoms with Crippen LogP contribution in [0.15, 0.2) is 53.7 Å². The van der Waals surface area contributed by atoms with Gasteiger partial charge in [0, 0.05) is 30.5 Å². The van der Waals surface area contributed by atoms with Gasteiger partial charge in [0.15, 0.2) is 0 Å². The molecule has 0 atom stereocenters. The van der Waals surface area contributed by atoms with Crippen LogP contribution >= 0.6 is 0 Å². The zero-order valence-corrected chi connectivity index (χ0v) is 20.9. The first-order valence-corrected chi connectivity index (χ1v) is 11.4. The van der Waals surface area contributed by atoms with Gasteiger partial charge in [0.1, 0.15) is 0 Å². The second-order valence-electron chi connectivity index (χ2n) is 8.93. The lowest BCUT2D eigenvalue weighted by Crippen LogP contribution is -1.93. The van der Waals surface area contributed by atoms with Crippen molar-refractivity contribution < 1.29 is 0 Å². The number of H-pyrrole nitrogens is 3. The Kier molecular flexibility index (Phi) is 12.6. The topological polar surface area (TPSA) is 98.4 Å². The number of aliphatic imine (C=N–C) groups is 1. The van der Waals surface area contributed by atoms with Crippen molar-refractivity contribution >= 4 is 6.21 Å². The molecule has 0 aliphatic carbocycles. The smallest absolute Gasteiger partial charge is 0.0605 e. The van der Waals surface area contributed by atoms with E-state index in [1.165, 1.54) is 22.4 Å². The maximum absolute atomic E-state index is 4.07. The molecule has 0 aromatic carbocycles. The molecule has 0 fully saturated rings. The highest BCUT2D eigenvalue weighted by Gasteiger charge is 2.03. The van der Waals surface area contributed by atoms with Gasteiger partial charge >= 0.3 is 0 Å². The lowest BCUT2D eigenvalue weighted by Gasteiger charge is -2.01. The molecule has 1 aliphatic heterocycles. The molecule has 3 aromatic heterocycles. The van der Waals surface area contributed by atoms with Gasteiger partial charge in [-0.2, -0.15) is 15.3 Å². The van der Waals surface area contributed by atoms with E-state index in [0.717, 1.165) is 6.54 Å². The highest BCUT2D eigenvalue weighted by atomic mass is 15.1. The first kappa shape index (κ1) is 27.1. The van der Waals surface area contributed by atoms with Crippen LogP contribution in [0.2, 0.25) is 0 Å². The highest BCUT2D eigenvalue weighted by Crippen LogP contribution is 2.12. The monoisotopic (exact) mass is 439 g/mol. The fraction of sp³-hybridized carbons (Fsp3) is 0.520. The highest BCUT2D eigenvalue weighted by molar-refractivity contribution is 5.75. The molecule has 4 heterocycles. The summed E-state index contributed by atoms with van der Waals surface area (Å²) in [6.07, 6.45) is 13.3. The predicted molar refractivity (Wildman–Crippen MR) is 134 cm³/mol. The van der Waals surface area contributed by atoms with Crippen molar-refractivity contribution in [1.29, 1.82) is 0 Å². The molecular formula is C25H41N7. The molecule has 3 aromatic rings. The molecule has 0 bridgehead atoms. The molecule has 0 spiro atoms. The molecular weight excluding hydrogens is 398 g/mol. The number of hydrogen-bond donors (Lipinski definition) is 3. The molecule has 0 radical (unpaired) electrons. The van der Waals surface area contributed by atoms with E-state index in [0.29, 0.717) is 23.7 Å². The SMILES string of the molecule is CC(C)C1=CC=NC1.CC(C)c1ccn[nH]1.CC(C)c1cn[nH]c1.CC(C)c1cn[nH]c1. The van der Waals surface area contributed by atoms with Gasteiger partial charge in [-0.3, -0.25) is 20.3 Å². The Bertz CT molecular complexity index is 763. The Morgan fingerprint density at radius 1 is 0.719 bits per heavy atom. The van der Waals surface area contributed by atoms with Gasteiger partial charge in [-0.05, 0) is 52.5 Å². The van der Waals surface area contributed by atoms with Crippen molar-refractivity contribution in [3.63, 3.8) is 0 Å². The normalized spacial score (nSPS) is 12.2. The van der Waals surface area contributed by atoms with Gasteiger partial charge in [-0.25, -0.2) is 0 Å². The Labute approximate surface area is 193 Å². The Balaban J connectivity index is 0.000000213. The van der Waals surface area contributed by atoms with Crippen LogP contribution in [0.5, 0.6) is 0 Å². The lowest BCUT2D eigenvalue weighted by atomic mass is 10.1. The number of hydrogen-bond acceptors (Lipinski definition) is 4. The average molecular weight is 440 g/mol. The quantitative estimate of drug-likeness (QED) is 0.448. The molecule has 1 aliphatic rings. The summed E-state index contributed by atoms with van der Waals surface area (Å²) in [5.41, 5.74) is 5.19. The number of nitrogens with one attached hydrogen (secondary N) is 3. The summed E-state index contributed by atoms with van der Waals surface area (Å²) in [6.45, 7) is 18.2. The predicted octanol–water partition coefficient (Wildman–Crippen LogP) is 6.25. The van der Waals surface area contributed by atoms with Crippen LogP contribution in [0.1, 0.15) is 90.0 Å². The largest absolute Gasteiger partial charge is 0.289 e. The van der Waals surface area contributed by atoms with Crippen LogP contribution in [0.3, 0.4) is 0 Å². The Morgan fingerprint density at radius 3 is 1.47 bits per heavy atom. The molecule has 176 valence electrons. The molecule has 32 heavy (non-hydrogen) atoms. The lowest BCUT2D eigenvalue weighted by molar-refractivity contribution is 0.754. The van der Waals surface area contributed by atoms with Gasteiger partial charge in [0.2, 0.25) is 0 Å². The maximum Gasteiger partial charge on any atom is 0.0605 e. The van der Waals surface area contributed by atoms with E-state index in [9.17, 15) is 0 Å². The summed E-state index contributed by atoms with van der Waals surface area (Å²) in [5, 5.41) is 19.9. The van der Waals surface area contributed by atoms with Crippen LogP contribution < -0.4 is 0 Å². The summed E-state index contributed by atoms with van der Waals surface area (Å²) in [6, 6.07) is 1.99. The number of rotatable bonds is 4. The Morgan fingerprint density at radius 2 is 1.28 bits per heavy atom. The van der Waals surface area contributed by atoms with E-state index in [-0.39, 0.29) is 0 Å². The van der Waals surface area contributed by atoms with Gasteiger partial charge in [-0.1, -0.05) is 55.4 Å². The zero-order valence-electron chi connectivity index (χ0n) is 20.9. The van der Waals surface area contributed by atoms with Crippen LogP contribution in [0.4, 0.5) is 0 Å². The average Bonchev–Trinajstić information content (AvgIpc) is 3.56. The van der Waals surface area contributed by atoms with Gasteiger partial charge in [0.05, 0.1) is 18.9 Å². The maximum atomic E-state index is 4.07. The molecule has 7 nitrogen and oxygen atoms in total. The number of nitrogens with zero attached hydrogens (tertiary/aromatic N) is 4. The fourth-order valence-electron chi connectivity index (χ4n) is 2.48. The second-order valence-corrected chi connectivity index (χ2v) is 8.93. The molecule has 3 N–H and O–H groups in total. The van der Waals surface area contributed by atoms with Crippen molar-refractivity contribution in [1.82, 2.24) is 30.6 Å². The van der Waals surface area contributed by atoms with E-state index < -0.39 is 0 Å². The number of aromatic nitrogens is 6. The standard InChI is InChI=1S/C7H11N.3C6H10N2/c1-6(2)7-3-4-8-5-7;2*1-5(2)6-3-7-8-4-6;1-5(2)6-3-4-7-8-6/h3-4,6H,5H2,1-2H3;3*3-5H,1-2H3,(H,7,8). The summed E-state index contributed by atoms with van der Waals surface area (Å²) in [5.74, 6) is 2.43. The van der Waals surface area contributed by atoms with Crippen molar-refractivity contribution in [2.75, 3.05) is 6.54 Å². The first-order valence-electron chi connectivity index (χ1n) is 11.4. The van der Waals surface area contributed by atoms with E-state index in [1.807, 2.05) is 37.1 Å². The molecule has 4 rings (SSSR count). The molecule has 0 saturated heterocycles. The van der Waals surface area contributed by atoms with Crippen molar-refractivity contribution in [2.24, 2.45) is 10.9 Å². The minimum atomic E-state index is 0.567. The van der Waals surface area contributed by atoms with Crippen molar-refractivity contribution in [3.05, 3.63) is 65.5 Å². The first-order chi connectivity index (χ1) is 15.2.